The molecule has 0 saturated carbocycles. The predicted molar refractivity (Wildman–Crippen MR) is 92.9 cm³/mol. The molecular formula is C18H21N3O3. The van der Waals surface area contributed by atoms with Crippen LogP contribution in [-0.2, 0) is 4.74 Å². The van der Waals surface area contributed by atoms with E-state index >= 15 is 0 Å². The fraction of sp³-hybridized carbons (Fsp3) is 0.278. The summed E-state index contributed by atoms with van der Waals surface area (Å²) in [6.45, 7) is 5.38. The van der Waals surface area contributed by atoms with Crippen LogP contribution in [0.4, 0.5) is 0 Å². The van der Waals surface area contributed by atoms with Gasteiger partial charge in [0.2, 0.25) is 5.76 Å². The van der Waals surface area contributed by atoms with Crippen molar-refractivity contribution in [2.75, 3.05) is 7.05 Å². The molecule has 0 aliphatic heterocycles. The highest BCUT2D eigenvalue weighted by molar-refractivity contribution is 6.08. The number of hydrogen-bond acceptors (Lipinski definition) is 6. The third-order valence-electron chi connectivity index (χ3n) is 3.08. The lowest BCUT2D eigenvalue weighted by Crippen LogP contribution is -2.23. The molecule has 6 heteroatoms. The van der Waals surface area contributed by atoms with Crippen LogP contribution < -0.4 is 5.32 Å². The second kappa shape index (κ2) is 7.12. The van der Waals surface area contributed by atoms with Crippen LogP contribution in [0.2, 0.25) is 0 Å². The third kappa shape index (κ3) is 4.32. The van der Waals surface area contributed by atoms with Gasteiger partial charge in [0, 0.05) is 36.7 Å². The SMILES string of the molecule is CN/C=C(\C=N)c1ccc(-c2cc(C(=O)OC(C)(C)C)on2)cc1. The van der Waals surface area contributed by atoms with Gasteiger partial charge in [-0.05, 0) is 26.3 Å². The Hall–Kier alpha value is -2.89. The molecule has 0 radical (unpaired) electrons. The van der Waals surface area contributed by atoms with Gasteiger partial charge in [-0.3, -0.25) is 0 Å². The summed E-state index contributed by atoms with van der Waals surface area (Å²) < 4.78 is 10.3. The van der Waals surface area contributed by atoms with E-state index in [-0.39, 0.29) is 5.76 Å². The second-order valence-corrected chi connectivity index (χ2v) is 6.19. The number of ether oxygens (including phenoxy) is 1. The first-order valence-electron chi connectivity index (χ1n) is 7.53. The van der Waals surface area contributed by atoms with E-state index in [1.807, 2.05) is 24.3 Å². The van der Waals surface area contributed by atoms with Crippen molar-refractivity contribution in [3.63, 3.8) is 0 Å². The van der Waals surface area contributed by atoms with Crippen LogP contribution in [0.25, 0.3) is 16.8 Å². The number of allylic oxidation sites excluding steroid dienone is 1. The van der Waals surface area contributed by atoms with E-state index in [1.165, 1.54) is 6.21 Å². The quantitative estimate of drug-likeness (QED) is 0.648. The summed E-state index contributed by atoms with van der Waals surface area (Å²) in [6.07, 6.45) is 3.03. The molecule has 1 heterocycles. The molecule has 126 valence electrons. The van der Waals surface area contributed by atoms with Gasteiger partial charge in [0.1, 0.15) is 11.3 Å². The number of aromatic nitrogens is 1. The average Bonchev–Trinajstić information content (AvgIpc) is 3.01. The first-order chi connectivity index (χ1) is 11.3. The summed E-state index contributed by atoms with van der Waals surface area (Å²) in [5.41, 5.74) is 2.44. The minimum atomic E-state index is -0.589. The van der Waals surface area contributed by atoms with Gasteiger partial charge in [0.25, 0.3) is 0 Å². The summed E-state index contributed by atoms with van der Waals surface area (Å²) in [4.78, 5) is 12.0. The van der Waals surface area contributed by atoms with E-state index in [9.17, 15) is 4.79 Å². The van der Waals surface area contributed by atoms with Gasteiger partial charge in [0.15, 0.2) is 0 Å². The van der Waals surface area contributed by atoms with Crippen molar-refractivity contribution in [1.29, 1.82) is 5.41 Å². The molecule has 6 nitrogen and oxygen atoms in total. The maximum atomic E-state index is 12.0. The average molecular weight is 327 g/mol. The Morgan fingerprint density at radius 2 is 1.96 bits per heavy atom. The van der Waals surface area contributed by atoms with Crippen molar-refractivity contribution in [2.24, 2.45) is 0 Å². The third-order valence-corrected chi connectivity index (χ3v) is 3.08. The fourth-order valence-electron chi connectivity index (χ4n) is 2.03. The van der Waals surface area contributed by atoms with Crippen LogP contribution in [0.1, 0.15) is 36.9 Å². The van der Waals surface area contributed by atoms with E-state index in [0.29, 0.717) is 5.69 Å². The molecule has 0 aliphatic rings. The number of hydrogen-bond donors (Lipinski definition) is 2. The van der Waals surface area contributed by atoms with Gasteiger partial charge in [-0.2, -0.15) is 0 Å². The molecule has 1 aromatic carbocycles. The molecule has 0 fully saturated rings. The molecule has 2 N–H and O–H groups in total. The van der Waals surface area contributed by atoms with Crippen molar-refractivity contribution in [1.82, 2.24) is 10.5 Å². The molecule has 0 amide bonds. The molecule has 0 unspecified atom stereocenters. The van der Waals surface area contributed by atoms with Crippen LogP contribution in [0.3, 0.4) is 0 Å². The van der Waals surface area contributed by atoms with Crippen LogP contribution in [0, 0.1) is 5.41 Å². The van der Waals surface area contributed by atoms with Crippen molar-refractivity contribution in [3.8, 4) is 11.3 Å². The highest BCUT2D eigenvalue weighted by atomic mass is 16.6. The van der Waals surface area contributed by atoms with Crippen molar-refractivity contribution in [2.45, 2.75) is 26.4 Å². The Morgan fingerprint density at radius 1 is 1.29 bits per heavy atom. The Bertz CT molecular complexity index is 753. The van der Waals surface area contributed by atoms with E-state index in [1.54, 1.807) is 40.1 Å². The first kappa shape index (κ1) is 17.5. The normalized spacial score (nSPS) is 11.9. The highest BCUT2D eigenvalue weighted by Crippen LogP contribution is 2.23. The Balaban J connectivity index is 2.20. The lowest BCUT2D eigenvalue weighted by Gasteiger charge is -2.17. The zero-order valence-electron chi connectivity index (χ0n) is 14.2. The molecule has 2 aromatic rings. The topological polar surface area (TPSA) is 88.2 Å². The summed E-state index contributed by atoms with van der Waals surface area (Å²) in [6, 6.07) is 9.04. The first-order valence-corrected chi connectivity index (χ1v) is 7.53. The minimum absolute atomic E-state index is 0.0688. The van der Waals surface area contributed by atoms with Crippen molar-refractivity contribution < 1.29 is 14.1 Å². The molecule has 2 rings (SSSR count). The molecule has 0 spiro atoms. The smallest absolute Gasteiger partial charge is 0.377 e. The van der Waals surface area contributed by atoms with E-state index in [2.05, 4.69) is 10.5 Å². The summed E-state index contributed by atoms with van der Waals surface area (Å²) in [5.74, 6) is -0.472. The summed E-state index contributed by atoms with van der Waals surface area (Å²) >= 11 is 0. The van der Waals surface area contributed by atoms with Gasteiger partial charge >= 0.3 is 5.97 Å². The van der Waals surface area contributed by atoms with Gasteiger partial charge in [0.05, 0.1) is 0 Å². The lowest BCUT2D eigenvalue weighted by molar-refractivity contribution is 0.00277. The lowest BCUT2D eigenvalue weighted by atomic mass is 10.0. The molecular weight excluding hydrogens is 306 g/mol. The number of nitrogens with one attached hydrogen (secondary N) is 2. The van der Waals surface area contributed by atoms with Gasteiger partial charge < -0.3 is 20.0 Å². The van der Waals surface area contributed by atoms with Crippen LogP contribution in [-0.4, -0.2) is 30.0 Å². The Morgan fingerprint density at radius 3 is 2.50 bits per heavy atom. The molecule has 0 saturated heterocycles. The van der Waals surface area contributed by atoms with E-state index < -0.39 is 11.6 Å². The summed E-state index contributed by atoms with van der Waals surface area (Å²) in [7, 11) is 1.78. The predicted octanol–water partition coefficient (Wildman–Crippen LogP) is 3.51. The number of carbonyl (C=O) groups is 1. The van der Waals surface area contributed by atoms with E-state index in [0.717, 1.165) is 16.7 Å². The van der Waals surface area contributed by atoms with Crippen molar-refractivity contribution >= 4 is 17.8 Å². The number of nitrogens with zero attached hydrogens (tertiary/aromatic N) is 1. The van der Waals surface area contributed by atoms with Gasteiger partial charge in [-0.25, -0.2) is 4.79 Å². The zero-order chi connectivity index (χ0) is 17.7. The molecule has 0 bridgehead atoms. The standard InChI is InChI=1S/C18H21N3O3/c1-18(2,3)23-17(22)16-9-15(21-24-16)13-7-5-12(6-8-13)14(10-19)11-20-4/h5-11,19-20H,1-4H3/b14-11+,19-10?. The van der Waals surface area contributed by atoms with Crippen molar-refractivity contribution in [3.05, 3.63) is 47.9 Å². The highest BCUT2D eigenvalue weighted by Gasteiger charge is 2.22. The number of carbonyl (C=O) groups excluding carboxylic acids is 1. The van der Waals surface area contributed by atoms with Crippen LogP contribution >= 0.6 is 0 Å². The largest absolute Gasteiger partial charge is 0.454 e. The Labute approximate surface area is 141 Å². The molecule has 24 heavy (non-hydrogen) atoms. The van der Waals surface area contributed by atoms with Gasteiger partial charge in [-0.15, -0.1) is 0 Å². The maximum Gasteiger partial charge on any atom is 0.377 e. The molecule has 0 atom stereocenters. The zero-order valence-corrected chi connectivity index (χ0v) is 14.2. The second-order valence-electron chi connectivity index (χ2n) is 6.19. The van der Waals surface area contributed by atoms with Crippen LogP contribution in [0.5, 0.6) is 0 Å². The number of esters is 1. The van der Waals surface area contributed by atoms with Crippen LogP contribution in [0.15, 0.2) is 41.1 Å². The minimum Gasteiger partial charge on any atom is -0.454 e. The fourth-order valence-corrected chi connectivity index (χ4v) is 2.03. The molecule has 1 aromatic heterocycles. The number of benzene rings is 1. The molecule has 0 aliphatic carbocycles. The Kier molecular flexibility index (Phi) is 5.18. The maximum absolute atomic E-state index is 12.0. The van der Waals surface area contributed by atoms with E-state index in [4.69, 9.17) is 14.7 Å². The summed E-state index contributed by atoms with van der Waals surface area (Å²) in [5, 5.41) is 14.3. The monoisotopic (exact) mass is 327 g/mol. The van der Waals surface area contributed by atoms with Gasteiger partial charge in [-0.1, -0.05) is 29.4 Å². The number of rotatable bonds is 5.